The highest BCUT2D eigenvalue weighted by Gasteiger charge is 2.31. The maximum absolute atomic E-state index is 13.0. The van der Waals surface area contributed by atoms with Crippen LogP contribution in [0.15, 0.2) is 53.4 Å². The number of ether oxygens (including phenoxy) is 1. The molecule has 0 unspecified atom stereocenters. The summed E-state index contributed by atoms with van der Waals surface area (Å²) in [5.74, 6) is 0.893. The lowest BCUT2D eigenvalue weighted by atomic mass is 10.0. The van der Waals surface area contributed by atoms with Crippen LogP contribution in [0.3, 0.4) is 0 Å². The van der Waals surface area contributed by atoms with Crippen LogP contribution in [-0.4, -0.2) is 62.9 Å². The maximum atomic E-state index is 13.0. The molecule has 3 rings (SSSR count). The average Bonchev–Trinajstić information content (AvgIpc) is 2.78. The number of hydrogen-bond acceptors (Lipinski definition) is 5. The van der Waals surface area contributed by atoms with Gasteiger partial charge in [0, 0.05) is 37.9 Å². The normalized spacial score (nSPS) is 16.8. The molecule has 31 heavy (non-hydrogen) atoms. The summed E-state index contributed by atoms with van der Waals surface area (Å²) < 4.78 is 32.7. The number of nitrogens with one attached hydrogen (secondary N) is 1. The van der Waals surface area contributed by atoms with Crippen molar-refractivity contribution in [1.82, 2.24) is 9.21 Å². The van der Waals surface area contributed by atoms with Crippen molar-refractivity contribution in [2.45, 2.75) is 37.6 Å². The number of sulfonamides is 1. The first kappa shape index (κ1) is 23.2. The summed E-state index contributed by atoms with van der Waals surface area (Å²) in [6.07, 6.45) is 0. The van der Waals surface area contributed by atoms with Crippen molar-refractivity contribution in [1.29, 1.82) is 0 Å². The third-order valence-electron chi connectivity index (χ3n) is 5.72. The number of amides is 1. The van der Waals surface area contributed by atoms with Gasteiger partial charge in [-0.3, -0.25) is 9.69 Å². The van der Waals surface area contributed by atoms with Crippen molar-refractivity contribution < 1.29 is 17.9 Å². The van der Waals surface area contributed by atoms with E-state index in [1.165, 1.54) is 4.31 Å². The largest absolute Gasteiger partial charge is 0.497 e. The molecule has 0 saturated carbocycles. The van der Waals surface area contributed by atoms with E-state index >= 15 is 0 Å². The van der Waals surface area contributed by atoms with E-state index in [2.05, 4.69) is 19.2 Å². The monoisotopic (exact) mass is 445 g/mol. The number of carbonyl (C=O) groups is 1. The molecule has 2 aromatic rings. The Bertz CT molecular complexity index is 998. The van der Waals surface area contributed by atoms with E-state index in [-0.39, 0.29) is 11.9 Å². The van der Waals surface area contributed by atoms with E-state index in [1.807, 2.05) is 42.2 Å². The molecular formula is C23H31N3O4S. The molecule has 1 atom stereocenters. The zero-order chi connectivity index (χ0) is 22.6. The maximum Gasteiger partial charge on any atom is 0.243 e. The number of benzene rings is 2. The first-order chi connectivity index (χ1) is 14.7. The van der Waals surface area contributed by atoms with Gasteiger partial charge in [0.25, 0.3) is 0 Å². The van der Waals surface area contributed by atoms with Crippen LogP contribution in [0.4, 0.5) is 5.69 Å². The zero-order valence-electron chi connectivity index (χ0n) is 18.5. The lowest BCUT2D eigenvalue weighted by Gasteiger charge is -2.36. The fourth-order valence-electron chi connectivity index (χ4n) is 3.62. The number of hydrogen-bond donors (Lipinski definition) is 1. The van der Waals surface area contributed by atoms with Crippen molar-refractivity contribution >= 4 is 21.6 Å². The van der Waals surface area contributed by atoms with Gasteiger partial charge in [-0.1, -0.05) is 32.0 Å². The van der Waals surface area contributed by atoms with Gasteiger partial charge in [-0.05, 0) is 42.7 Å². The van der Waals surface area contributed by atoms with Gasteiger partial charge in [-0.2, -0.15) is 4.31 Å². The van der Waals surface area contributed by atoms with Gasteiger partial charge in [0.1, 0.15) is 5.75 Å². The second-order valence-electron chi connectivity index (χ2n) is 8.06. The van der Waals surface area contributed by atoms with Gasteiger partial charge < -0.3 is 10.1 Å². The lowest BCUT2D eigenvalue weighted by molar-refractivity contribution is -0.121. The Balaban J connectivity index is 1.59. The predicted octanol–water partition coefficient (Wildman–Crippen LogP) is 3.15. The van der Waals surface area contributed by atoms with Gasteiger partial charge in [0.05, 0.1) is 18.0 Å². The third kappa shape index (κ3) is 5.44. The van der Waals surface area contributed by atoms with E-state index in [1.54, 1.807) is 25.3 Å². The molecule has 1 fully saturated rings. The van der Waals surface area contributed by atoms with Crippen LogP contribution in [0.5, 0.6) is 5.75 Å². The second-order valence-corrected chi connectivity index (χ2v) is 10.00. The van der Waals surface area contributed by atoms with Crippen LogP contribution in [0.25, 0.3) is 0 Å². The summed E-state index contributed by atoms with van der Waals surface area (Å²) in [5, 5.41) is 2.90. The predicted molar refractivity (Wildman–Crippen MR) is 122 cm³/mol. The fraction of sp³-hybridized carbons (Fsp3) is 0.435. The topological polar surface area (TPSA) is 79.0 Å². The van der Waals surface area contributed by atoms with Crippen molar-refractivity contribution in [3.63, 3.8) is 0 Å². The highest BCUT2D eigenvalue weighted by atomic mass is 32.2. The van der Waals surface area contributed by atoms with E-state index in [4.69, 9.17) is 4.74 Å². The number of carbonyl (C=O) groups excluding carboxylic acids is 1. The Kier molecular flexibility index (Phi) is 7.35. The van der Waals surface area contributed by atoms with Crippen LogP contribution in [0.1, 0.15) is 32.3 Å². The van der Waals surface area contributed by atoms with Gasteiger partial charge in [-0.25, -0.2) is 8.42 Å². The molecule has 0 spiro atoms. The molecule has 1 aliphatic heterocycles. The number of nitrogens with zero attached hydrogens (tertiary/aromatic N) is 2. The van der Waals surface area contributed by atoms with Crippen LogP contribution < -0.4 is 10.1 Å². The summed E-state index contributed by atoms with van der Waals surface area (Å²) in [5.41, 5.74) is 1.78. The van der Waals surface area contributed by atoms with Gasteiger partial charge in [0.15, 0.2) is 0 Å². The fourth-order valence-corrected chi connectivity index (χ4v) is 5.04. The Morgan fingerprint density at radius 3 is 2.23 bits per heavy atom. The van der Waals surface area contributed by atoms with Gasteiger partial charge >= 0.3 is 0 Å². The van der Waals surface area contributed by atoms with Crippen LogP contribution in [0, 0.1) is 0 Å². The smallest absolute Gasteiger partial charge is 0.243 e. The van der Waals surface area contributed by atoms with Crippen LogP contribution >= 0.6 is 0 Å². The molecule has 0 aromatic heterocycles. The molecule has 0 bridgehead atoms. The molecule has 1 amide bonds. The lowest BCUT2D eigenvalue weighted by Crippen LogP contribution is -2.53. The number of methoxy groups -OCH3 is 1. The molecular weight excluding hydrogens is 414 g/mol. The summed E-state index contributed by atoms with van der Waals surface area (Å²) in [4.78, 5) is 15.0. The molecule has 1 heterocycles. The Hall–Kier alpha value is -2.42. The van der Waals surface area contributed by atoms with Crippen molar-refractivity contribution in [2.24, 2.45) is 0 Å². The average molecular weight is 446 g/mol. The Morgan fingerprint density at radius 2 is 1.65 bits per heavy atom. The summed E-state index contributed by atoms with van der Waals surface area (Å²) >= 11 is 0. The number of piperazine rings is 1. The third-order valence-corrected chi connectivity index (χ3v) is 7.64. The quantitative estimate of drug-likeness (QED) is 0.708. The van der Waals surface area contributed by atoms with E-state index in [0.29, 0.717) is 48.4 Å². The molecule has 2 aromatic carbocycles. The van der Waals surface area contributed by atoms with E-state index < -0.39 is 10.0 Å². The van der Waals surface area contributed by atoms with Gasteiger partial charge in [-0.15, -0.1) is 0 Å². The van der Waals surface area contributed by atoms with Crippen LogP contribution in [0.2, 0.25) is 0 Å². The standard InChI is InChI=1S/C23H31N3O4S/c1-17(2)19-8-10-22(11-9-19)31(28,29)26-14-12-25(13-15-26)18(3)23(27)24-20-6-5-7-21(16-20)30-4/h5-11,16-18H,12-15H2,1-4H3,(H,24,27)/t18-/m1/s1. The number of rotatable bonds is 7. The molecule has 7 nitrogen and oxygen atoms in total. The molecule has 1 aliphatic rings. The Labute approximate surface area is 185 Å². The first-order valence-corrected chi connectivity index (χ1v) is 12.0. The molecule has 0 aliphatic carbocycles. The highest BCUT2D eigenvalue weighted by molar-refractivity contribution is 7.89. The minimum absolute atomic E-state index is 0.131. The summed E-state index contributed by atoms with van der Waals surface area (Å²) in [6.45, 7) is 7.69. The SMILES string of the molecule is COc1cccc(NC(=O)[C@@H](C)N2CCN(S(=O)(=O)c3ccc(C(C)C)cc3)CC2)c1. The van der Waals surface area contributed by atoms with Crippen molar-refractivity contribution in [3.8, 4) is 5.75 Å². The second kappa shape index (κ2) is 9.80. The zero-order valence-corrected chi connectivity index (χ0v) is 19.4. The van der Waals surface area contributed by atoms with Crippen molar-refractivity contribution in [2.75, 3.05) is 38.6 Å². The highest BCUT2D eigenvalue weighted by Crippen LogP contribution is 2.22. The Morgan fingerprint density at radius 1 is 1.00 bits per heavy atom. The molecule has 168 valence electrons. The van der Waals surface area contributed by atoms with E-state index in [0.717, 1.165) is 5.56 Å². The minimum atomic E-state index is -3.54. The minimum Gasteiger partial charge on any atom is -0.497 e. The first-order valence-electron chi connectivity index (χ1n) is 10.5. The number of anilines is 1. The summed E-state index contributed by atoms with van der Waals surface area (Å²) in [7, 11) is -1.96. The summed E-state index contributed by atoms with van der Waals surface area (Å²) in [6, 6.07) is 13.9. The van der Waals surface area contributed by atoms with Crippen LogP contribution in [-0.2, 0) is 14.8 Å². The van der Waals surface area contributed by atoms with Gasteiger partial charge in [0.2, 0.25) is 15.9 Å². The molecule has 0 radical (unpaired) electrons. The molecule has 1 N–H and O–H groups in total. The molecule has 8 heteroatoms. The molecule has 1 saturated heterocycles. The van der Waals surface area contributed by atoms with E-state index in [9.17, 15) is 13.2 Å². The van der Waals surface area contributed by atoms with Crippen molar-refractivity contribution in [3.05, 3.63) is 54.1 Å².